The number of carbonyl (C=O) groups excluding carboxylic acids is 1. The molecule has 0 radical (unpaired) electrons. The predicted octanol–water partition coefficient (Wildman–Crippen LogP) is 9.07. The Morgan fingerprint density at radius 1 is 0.567 bits per heavy atom. The van der Waals surface area contributed by atoms with Crippen molar-refractivity contribution in [3.8, 4) is 0 Å². The van der Waals surface area contributed by atoms with E-state index in [1.165, 1.54) is 58.5 Å². The average molecular weight is 868 g/mol. The summed E-state index contributed by atoms with van der Waals surface area (Å²) >= 11 is 0. The van der Waals surface area contributed by atoms with E-state index in [0.717, 1.165) is 71.3 Å². The third-order valence-electron chi connectivity index (χ3n) is 20.7. The lowest BCUT2D eigenvalue weighted by molar-refractivity contribution is -0.174. The van der Waals surface area contributed by atoms with Crippen LogP contribution in [0.1, 0.15) is 170 Å². The Balaban J connectivity index is 0.000000215. The van der Waals surface area contributed by atoms with E-state index < -0.39 is 5.97 Å². The molecule has 0 unspecified atom stereocenters. The highest BCUT2D eigenvalue weighted by Gasteiger charge is 2.64. The number of halogens is 1. The second-order valence-electron chi connectivity index (χ2n) is 22.9. The van der Waals surface area contributed by atoms with Crippen molar-refractivity contribution < 1.29 is 45.0 Å². The number of carboxylic acids is 1. The molecule has 0 saturated heterocycles. The summed E-state index contributed by atoms with van der Waals surface area (Å²) in [4.78, 5) is 22.7. The second-order valence-corrected chi connectivity index (χ2v) is 22.9. The minimum Gasteiger partial charge on any atom is -0.481 e. The number of ether oxygens (including phenoxy) is 1. The van der Waals surface area contributed by atoms with Crippen LogP contribution in [-0.4, -0.2) is 81.2 Å². The van der Waals surface area contributed by atoms with Gasteiger partial charge in [-0.25, -0.2) is 0 Å². The molecule has 348 valence electrons. The summed E-state index contributed by atoms with van der Waals surface area (Å²) in [6.07, 6.45) is 19.0. The monoisotopic (exact) mass is 867 g/mol. The zero-order valence-corrected chi connectivity index (χ0v) is 39.5. The smallest absolute Gasteiger partial charge is 0.305 e. The lowest BCUT2D eigenvalue weighted by Gasteiger charge is -2.62. The molecule has 0 aromatic rings. The van der Waals surface area contributed by atoms with Gasteiger partial charge in [-0.05, 0) is 208 Å². The Labute approximate surface area is 369 Å². The Morgan fingerprint density at radius 2 is 0.933 bits per heavy atom. The first kappa shape index (κ1) is 50.0. The first-order valence-corrected chi connectivity index (χ1v) is 24.3. The Hall–Kier alpha value is -0.970. The molecule has 8 aliphatic carbocycles. The van der Waals surface area contributed by atoms with Crippen LogP contribution in [0.5, 0.6) is 0 Å². The number of carbonyl (C=O) groups is 2. The highest BCUT2D eigenvalue weighted by Crippen LogP contribution is 2.70. The van der Waals surface area contributed by atoms with Crippen molar-refractivity contribution >= 4 is 24.3 Å². The maximum Gasteiger partial charge on any atom is 0.305 e. The second kappa shape index (κ2) is 19.6. The maximum absolute atomic E-state index is 11.6. The normalized spacial score (nSPS) is 48.5. The molecule has 20 atom stereocenters. The van der Waals surface area contributed by atoms with Crippen LogP contribution in [0.3, 0.4) is 0 Å². The zero-order chi connectivity index (χ0) is 43.2. The number of carboxylic acid groups (broad SMARTS) is 1. The number of methoxy groups -OCH3 is 1. The van der Waals surface area contributed by atoms with Crippen molar-refractivity contribution in [1.82, 2.24) is 0 Å². The highest BCUT2D eigenvalue weighted by atomic mass is 35.5. The quantitative estimate of drug-likeness (QED) is 0.131. The number of aliphatic hydroxyl groups is 5. The van der Waals surface area contributed by atoms with E-state index in [2.05, 4.69) is 41.5 Å². The first-order valence-electron chi connectivity index (χ1n) is 24.3. The van der Waals surface area contributed by atoms with Gasteiger partial charge >= 0.3 is 11.9 Å². The van der Waals surface area contributed by atoms with Crippen LogP contribution in [0.25, 0.3) is 0 Å². The molecular formula is C50H87ClO9. The van der Waals surface area contributed by atoms with Gasteiger partial charge in [-0.3, -0.25) is 9.59 Å². The number of rotatable bonds is 8. The topological polar surface area (TPSA) is 165 Å². The van der Waals surface area contributed by atoms with Gasteiger partial charge in [0.1, 0.15) is 0 Å². The van der Waals surface area contributed by atoms with Crippen LogP contribution in [0.4, 0.5) is 0 Å². The van der Waals surface area contributed by atoms with Crippen molar-refractivity contribution in [1.29, 1.82) is 0 Å². The fourth-order valence-electron chi connectivity index (χ4n) is 17.6. The molecule has 0 heterocycles. The molecule has 60 heavy (non-hydrogen) atoms. The zero-order valence-electron chi connectivity index (χ0n) is 38.7. The molecule has 6 N–H and O–H groups in total. The summed E-state index contributed by atoms with van der Waals surface area (Å²) in [6, 6.07) is 0. The summed E-state index contributed by atoms with van der Waals surface area (Å²) in [5.41, 5.74) is 1.10. The van der Waals surface area contributed by atoms with Crippen molar-refractivity contribution in [3.05, 3.63) is 0 Å². The molecule has 0 amide bonds. The summed E-state index contributed by atoms with van der Waals surface area (Å²) in [5, 5.41) is 59.1. The SMILES string of the molecule is CO.COC(=O)CC[C@@H](C)[C@H]1CC[C@H]2[C@@H]3[C@H](O)C[C@@H]4C[C@H](O)CC[C@]4(C)[C@H]3CC[C@]12C.C[C@H](CCC(=O)O)[C@H]1CC[C@H]2[C@@H]3[C@H](O)C[C@@H]4C[C@H](O)CC[C@]4(C)[C@H]3CC[C@]12C.Cl. The minimum absolute atomic E-state index is 0. The van der Waals surface area contributed by atoms with Crippen molar-refractivity contribution in [3.63, 3.8) is 0 Å². The average Bonchev–Trinajstić information content (AvgIpc) is 3.75. The third kappa shape index (κ3) is 9.00. The molecule has 0 aliphatic heterocycles. The van der Waals surface area contributed by atoms with Gasteiger partial charge in [0, 0.05) is 20.0 Å². The number of fused-ring (bicyclic) bond motifs is 10. The Kier molecular flexibility index (Phi) is 16.4. The molecule has 10 heteroatoms. The lowest BCUT2D eigenvalue weighted by atomic mass is 9.43. The van der Waals surface area contributed by atoms with Crippen LogP contribution in [0, 0.1) is 92.7 Å². The van der Waals surface area contributed by atoms with Gasteiger partial charge in [-0.2, -0.15) is 0 Å². The van der Waals surface area contributed by atoms with E-state index in [0.29, 0.717) is 82.9 Å². The third-order valence-corrected chi connectivity index (χ3v) is 20.7. The van der Waals surface area contributed by atoms with Gasteiger partial charge in [0.15, 0.2) is 0 Å². The number of esters is 1. The number of hydrogen-bond donors (Lipinski definition) is 6. The minimum atomic E-state index is -0.684. The molecule has 0 aromatic heterocycles. The number of aliphatic hydroxyl groups excluding tert-OH is 5. The summed E-state index contributed by atoms with van der Waals surface area (Å²) in [7, 11) is 2.48. The summed E-state index contributed by atoms with van der Waals surface area (Å²) in [5.74, 6) is 5.53. The van der Waals surface area contributed by atoms with E-state index in [-0.39, 0.29) is 65.5 Å². The summed E-state index contributed by atoms with van der Waals surface area (Å²) in [6.45, 7) is 14.5. The van der Waals surface area contributed by atoms with Crippen molar-refractivity contribution in [2.45, 2.75) is 194 Å². The molecular weight excluding hydrogens is 780 g/mol. The van der Waals surface area contributed by atoms with Gasteiger partial charge in [0.05, 0.1) is 31.5 Å². The van der Waals surface area contributed by atoms with E-state index in [1.54, 1.807) is 0 Å². The highest BCUT2D eigenvalue weighted by molar-refractivity contribution is 5.85. The van der Waals surface area contributed by atoms with E-state index in [9.17, 15) is 30.0 Å². The molecule has 9 nitrogen and oxygen atoms in total. The van der Waals surface area contributed by atoms with Crippen molar-refractivity contribution in [2.75, 3.05) is 14.2 Å². The molecule has 8 rings (SSSR count). The fraction of sp³-hybridized carbons (Fsp3) is 0.960. The maximum atomic E-state index is 11.6. The molecule has 8 fully saturated rings. The van der Waals surface area contributed by atoms with Gasteiger partial charge in [0.25, 0.3) is 0 Å². The predicted molar refractivity (Wildman–Crippen MR) is 237 cm³/mol. The summed E-state index contributed by atoms with van der Waals surface area (Å²) < 4.78 is 4.86. The van der Waals surface area contributed by atoms with Crippen LogP contribution in [-0.2, 0) is 14.3 Å². The Morgan fingerprint density at radius 3 is 1.32 bits per heavy atom. The lowest BCUT2D eigenvalue weighted by Crippen LogP contribution is -2.58. The Bertz CT molecular complexity index is 1450. The van der Waals surface area contributed by atoms with Crippen LogP contribution in [0.2, 0.25) is 0 Å². The number of hydrogen-bond acceptors (Lipinski definition) is 8. The molecule has 8 saturated carbocycles. The van der Waals surface area contributed by atoms with Gasteiger partial charge in [0.2, 0.25) is 0 Å². The first-order chi connectivity index (χ1) is 27.9. The van der Waals surface area contributed by atoms with E-state index in [1.807, 2.05) is 0 Å². The van der Waals surface area contributed by atoms with Gasteiger partial charge in [-0.1, -0.05) is 41.5 Å². The number of aliphatic carboxylic acids is 1. The fourth-order valence-corrected chi connectivity index (χ4v) is 17.6. The molecule has 0 spiro atoms. The molecule has 0 bridgehead atoms. The van der Waals surface area contributed by atoms with E-state index in [4.69, 9.17) is 14.9 Å². The van der Waals surface area contributed by atoms with Gasteiger partial charge in [-0.15, -0.1) is 12.4 Å². The van der Waals surface area contributed by atoms with Crippen LogP contribution >= 0.6 is 12.4 Å². The molecule has 0 aromatic carbocycles. The van der Waals surface area contributed by atoms with E-state index >= 15 is 0 Å². The van der Waals surface area contributed by atoms with Crippen LogP contribution in [0.15, 0.2) is 0 Å². The largest absolute Gasteiger partial charge is 0.481 e. The van der Waals surface area contributed by atoms with Crippen LogP contribution < -0.4 is 0 Å². The standard InChI is InChI=1S/C25H42O4.C24H40O4.CH4O.ClH/c1-15(5-8-22(28)29-4)18-6-7-19-23-20(10-12-25(18,19)3)24(2)11-9-17(26)13-16(24)14-21(23)27;1-14(4-7-21(27)28)17-5-6-18-22-19(9-11-24(17,18)3)23(2)10-8-16(25)12-15(23)13-20(22)26;1-2;/h15-21,23,26-27H,5-14H2,1-4H3;14-20,22,25-26H,4-13H2,1-3H3,(H,27,28);2H,1H3;1H/t15-,16+,17-,18-,19+,20+,21-,23+,24+,25-;14-,15+,16-,17-,18+,19+,20-,22+,23+,24-;;/m11../s1. The molecule has 8 aliphatic rings. The van der Waals surface area contributed by atoms with Gasteiger partial charge < -0.3 is 35.4 Å². The van der Waals surface area contributed by atoms with Crippen molar-refractivity contribution in [2.24, 2.45) is 92.7 Å².